The van der Waals surface area contributed by atoms with Gasteiger partial charge in [0, 0.05) is 13.1 Å². The Hall–Kier alpha value is -1.79. The number of carboxylic acid groups (broad SMARTS) is 1. The normalized spacial score (nSPS) is 15.2. The molecular weight excluding hydrogens is 202 g/mol. The Labute approximate surface area is 94.7 Å². The van der Waals surface area contributed by atoms with Gasteiger partial charge >= 0.3 is 5.97 Å². The Morgan fingerprint density at radius 1 is 1.50 bits per heavy atom. The van der Waals surface area contributed by atoms with Crippen LogP contribution in [0.4, 0.5) is 0 Å². The molecule has 16 heavy (non-hydrogen) atoms. The van der Waals surface area contributed by atoms with Gasteiger partial charge in [-0.1, -0.05) is 12.0 Å². The fourth-order valence-electron chi connectivity index (χ4n) is 2.01. The van der Waals surface area contributed by atoms with Crippen molar-refractivity contribution in [2.24, 2.45) is 0 Å². The van der Waals surface area contributed by atoms with Crippen molar-refractivity contribution >= 4 is 5.97 Å². The number of nitrogens with zero attached hydrogens (tertiary/aromatic N) is 1. The predicted molar refractivity (Wildman–Crippen MR) is 61.2 cm³/mol. The van der Waals surface area contributed by atoms with Crippen LogP contribution in [0, 0.1) is 12.3 Å². The minimum absolute atomic E-state index is 0.348. The number of carbonyl (C=O) groups is 1. The van der Waals surface area contributed by atoms with Gasteiger partial charge in [-0.05, 0) is 29.7 Å². The van der Waals surface area contributed by atoms with Gasteiger partial charge in [-0.15, -0.1) is 6.42 Å². The monoisotopic (exact) mass is 215 g/mol. The van der Waals surface area contributed by atoms with Crippen molar-refractivity contribution in [3.05, 3.63) is 34.9 Å². The molecule has 0 aliphatic carbocycles. The van der Waals surface area contributed by atoms with E-state index in [1.54, 1.807) is 12.1 Å². The lowest BCUT2D eigenvalue weighted by Crippen LogP contribution is -2.30. The Kier molecular flexibility index (Phi) is 2.93. The number of fused-ring (bicyclic) bond motifs is 1. The number of terminal acetylenes is 1. The van der Waals surface area contributed by atoms with Crippen molar-refractivity contribution < 1.29 is 9.90 Å². The number of aromatic carboxylic acids is 1. The van der Waals surface area contributed by atoms with Gasteiger partial charge in [-0.2, -0.15) is 0 Å². The molecular formula is C13H13NO2. The Balaban J connectivity index is 2.25. The molecule has 0 unspecified atom stereocenters. The van der Waals surface area contributed by atoms with E-state index in [1.165, 1.54) is 5.56 Å². The molecule has 1 N–H and O–H groups in total. The quantitative estimate of drug-likeness (QED) is 0.758. The number of rotatable bonds is 2. The zero-order valence-corrected chi connectivity index (χ0v) is 8.94. The summed E-state index contributed by atoms with van der Waals surface area (Å²) in [6.45, 7) is 2.32. The number of benzene rings is 1. The van der Waals surface area contributed by atoms with Crippen LogP contribution in [0.15, 0.2) is 18.2 Å². The van der Waals surface area contributed by atoms with Crippen LogP contribution in [0.5, 0.6) is 0 Å². The highest BCUT2D eigenvalue weighted by Gasteiger charge is 2.16. The molecule has 0 saturated heterocycles. The van der Waals surface area contributed by atoms with Gasteiger partial charge in [0.15, 0.2) is 0 Å². The third-order valence-corrected chi connectivity index (χ3v) is 2.86. The molecule has 3 heteroatoms. The second kappa shape index (κ2) is 4.38. The van der Waals surface area contributed by atoms with Crippen LogP contribution in [-0.4, -0.2) is 29.1 Å². The molecule has 0 fully saturated rings. The molecule has 3 nitrogen and oxygen atoms in total. The topological polar surface area (TPSA) is 40.5 Å². The fourth-order valence-corrected chi connectivity index (χ4v) is 2.01. The van der Waals surface area contributed by atoms with E-state index in [1.807, 2.05) is 6.07 Å². The molecule has 1 aromatic carbocycles. The van der Waals surface area contributed by atoms with E-state index < -0.39 is 5.97 Å². The van der Waals surface area contributed by atoms with Gasteiger partial charge < -0.3 is 5.11 Å². The molecule has 82 valence electrons. The van der Waals surface area contributed by atoms with Gasteiger partial charge in [0.1, 0.15) is 0 Å². The van der Waals surface area contributed by atoms with Crippen LogP contribution < -0.4 is 0 Å². The molecule has 0 atom stereocenters. The highest BCUT2D eigenvalue weighted by atomic mass is 16.4. The summed E-state index contributed by atoms with van der Waals surface area (Å²) in [7, 11) is 0. The Morgan fingerprint density at radius 3 is 3.00 bits per heavy atom. The van der Waals surface area contributed by atoms with E-state index in [0.29, 0.717) is 12.1 Å². The molecule has 0 radical (unpaired) electrons. The maximum Gasteiger partial charge on any atom is 0.335 e. The molecule has 2 rings (SSSR count). The molecule has 0 saturated carbocycles. The van der Waals surface area contributed by atoms with Crippen LogP contribution >= 0.6 is 0 Å². The van der Waals surface area contributed by atoms with Crippen molar-refractivity contribution in [2.75, 3.05) is 13.1 Å². The number of hydrogen-bond donors (Lipinski definition) is 1. The lowest BCUT2D eigenvalue weighted by molar-refractivity contribution is 0.0696. The average Bonchev–Trinajstić information content (AvgIpc) is 2.28. The first-order chi connectivity index (χ1) is 7.70. The van der Waals surface area contributed by atoms with E-state index in [2.05, 4.69) is 10.8 Å². The van der Waals surface area contributed by atoms with Crippen LogP contribution in [-0.2, 0) is 13.0 Å². The molecule has 0 amide bonds. The number of hydrogen-bond acceptors (Lipinski definition) is 2. The second-order valence-electron chi connectivity index (χ2n) is 3.95. The minimum Gasteiger partial charge on any atom is -0.478 e. The van der Waals surface area contributed by atoms with Gasteiger partial charge in [0.2, 0.25) is 0 Å². The minimum atomic E-state index is -0.878. The largest absolute Gasteiger partial charge is 0.478 e. The Morgan fingerprint density at radius 2 is 2.31 bits per heavy atom. The van der Waals surface area contributed by atoms with E-state index in [9.17, 15) is 4.79 Å². The van der Waals surface area contributed by atoms with E-state index in [4.69, 9.17) is 11.5 Å². The molecule has 1 heterocycles. The van der Waals surface area contributed by atoms with Gasteiger partial charge in [-0.3, -0.25) is 4.90 Å². The SMILES string of the molecule is C#CCN1CCc2ccc(C(=O)O)cc2C1. The van der Waals surface area contributed by atoms with Gasteiger partial charge in [-0.25, -0.2) is 4.79 Å². The molecule has 1 aliphatic rings. The summed E-state index contributed by atoms with van der Waals surface area (Å²) < 4.78 is 0. The maximum atomic E-state index is 10.8. The van der Waals surface area contributed by atoms with Gasteiger partial charge in [0.05, 0.1) is 12.1 Å². The standard InChI is InChI=1S/C13H13NO2/c1-2-6-14-7-5-10-3-4-11(13(15)16)8-12(10)9-14/h1,3-4,8H,5-7,9H2,(H,15,16). The third kappa shape index (κ3) is 2.07. The van der Waals surface area contributed by atoms with E-state index in [0.717, 1.165) is 25.1 Å². The molecule has 1 aromatic rings. The summed E-state index contributed by atoms with van der Waals surface area (Å²) >= 11 is 0. The highest BCUT2D eigenvalue weighted by molar-refractivity contribution is 5.87. The molecule has 1 aliphatic heterocycles. The third-order valence-electron chi connectivity index (χ3n) is 2.86. The second-order valence-corrected chi connectivity index (χ2v) is 3.95. The summed E-state index contributed by atoms with van der Waals surface area (Å²) in [6.07, 6.45) is 6.21. The summed E-state index contributed by atoms with van der Waals surface area (Å²) in [5.41, 5.74) is 2.67. The summed E-state index contributed by atoms with van der Waals surface area (Å²) in [6, 6.07) is 5.32. The molecule has 0 bridgehead atoms. The summed E-state index contributed by atoms with van der Waals surface area (Å²) in [4.78, 5) is 13.0. The summed E-state index contributed by atoms with van der Waals surface area (Å²) in [5, 5.41) is 8.91. The Bertz CT molecular complexity index is 459. The maximum absolute atomic E-state index is 10.8. The van der Waals surface area contributed by atoms with Crippen molar-refractivity contribution in [2.45, 2.75) is 13.0 Å². The average molecular weight is 215 g/mol. The first-order valence-corrected chi connectivity index (χ1v) is 5.21. The van der Waals surface area contributed by atoms with Crippen molar-refractivity contribution in [3.63, 3.8) is 0 Å². The van der Waals surface area contributed by atoms with Crippen LogP contribution in [0.25, 0.3) is 0 Å². The van der Waals surface area contributed by atoms with E-state index in [-0.39, 0.29) is 0 Å². The number of carboxylic acids is 1. The molecule has 0 spiro atoms. The lowest BCUT2D eigenvalue weighted by Gasteiger charge is -2.27. The van der Waals surface area contributed by atoms with Crippen LogP contribution in [0.1, 0.15) is 21.5 Å². The predicted octanol–water partition coefficient (Wildman–Crippen LogP) is 1.38. The van der Waals surface area contributed by atoms with Crippen LogP contribution in [0.3, 0.4) is 0 Å². The smallest absolute Gasteiger partial charge is 0.335 e. The van der Waals surface area contributed by atoms with Crippen molar-refractivity contribution in [3.8, 4) is 12.3 Å². The van der Waals surface area contributed by atoms with Crippen molar-refractivity contribution in [1.82, 2.24) is 4.90 Å². The zero-order chi connectivity index (χ0) is 11.5. The first-order valence-electron chi connectivity index (χ1n) is 5.21. The van der Waals surface area contributed by atoms with Crippen LogP contribution in [0.2, 0.25) is 0 Å². The zero-order valence-electron chi connectivity index (χ0n) is 8.94. The lowest BCUT2D eigenvalue weighted by atomic mass is 9.97. The highest BCUT2D eigenvalue weighted by Crippen LogP contribution is 2.20. The fraction of sp³-hybridized carbons (Fsp3) is 0.308. The van der Waals surface area contributed by atoms with E-state index >= 15 is 0 Å². The first kappa shape index (κ1) is 10.7. The molecule has 0 aromatic heterocycles. The van der Waals surface area contributed by atoms with Gasteiger partial charge in [0.25, 0.3) is 0 Å². The van der Waals surface area contributed by atoms with Crippen molar-refractivity contribution in [1.29, 1.82) is 0 Å². The summed E-state index contributed by atoms with van der Waals surface area (Å²) in [5.74, 6) is 1.74.